The molecule has 2 aromatic rings. The normalized spacial score (nSPS) is 14.7. The molecule has 3 amide bonds. The largest absolute Gasteiger partial charge is 0.495 e. The molecule has 1 unspecified atom stereocenters. The smallest absolute Gasteiger partial charge is 0.252 e. The molecule has 1 heterocycles. The SMILES string of the molecule is COc1ccc(NC(=O)C(CC(C)C)NC(=O)c2ccccc2C)cc1N1CCCCC1=O. The predicted molar refractivity (Wildman–Crippen MR) is 130 cm³/mol. The Balaban J connectivity index is 1.80. The van der Waals surface area contributed by atoms with Crippen LogP contribution in [0.25, 0.3) is 0 Å². The van der Waals surface area contributed by atoms with Crippen LogP contribution in [0.2, 0.25) is 0 Å². The zero-order valence-electron chi connectivity index (χ0n) is 19.8. The summed E-state index contributed by atoms with van der Waals surface area (Å²) in [4.78, 5) is 40.2. The van der Waals surface area contributed by atoms with E-state index in [0.29, 0.717) is 42.1 Å². The molecule has 3 rings (SSSR count). The number of carbonyl (C=O) groups excluding carboxylic acids is 3. The van der Waals surface area contributed by atoms with E-state index in [1.165, 1.54) is 0 Å². The highest BCUT2D eigenvalue weighted by Gasteiger charge is 2.26. The van der Waals surface area contributed by atoms with Crippen molar-refractivity contribution in [3.8, 4) is 5.75 Å². The number of piperidine rings is 1. The molecule has 1 aliphatic rings. The maximum Gasteiger partial charge on any atom is 0.252 e. The van der Waals surface area contributed by atoms with E-state index in [4.69, 9.17) is 4.74 Å². The second-order valence-electron chi connectivity index (χ2n) is 8.85. The van der Waals surface area contributed by atoms with Gasteiger partial charge < -0.3 is 20.3 Å². The van der Waals surface area contributed by atoms with E-state index in [-0.39, 0.29) is 23.6 Å². The number of nitrogens with one attached hydrogen (secondary N) is 2. The third-order valence-corrected chi connectivity index (χ3v) is 5.78. The van der Waals surface area contributed by atoms with E-state index in [0.717, 1.165) is 18.4 Å². The number of ether oxygens (including phenoxy) is 1. The summed E-state index contributed by atoms with van der Waals surface area (Å²) in [5, 5.41) is 5.81. The molecule has 0 aromatic heterocycles. The second kappa shape index (κ2) is 11.0. The Labute approximate surface area is 195 Å². The van der Waals surface area contributed by atoms with Gasteiger partial charge in [-0.1, -0.05) is 32.0 Å². The summed E-state index contributed by atoms with van der Waals surface area (Å²) in [5.41, 5.74) is 2.59. The number of carbonyl (C=O) groups is 3. The molecule has 7 heteroatoms. The molecule has 1 fully saturated rings. The molecule has 0 bridgehead atoms. The van der Waals surface area contributed by atoms with Crippen molar-refractivity contribution >= 4 is 29.1 Å². The molecule has 7 nitrogen and oxygen atoms in total. The molecular formula is C26H33N3O4. The zero-order chi connectivity index (χ0) is 24.0. The lowest BCUT2D eigenvalue weighted by molar-refractivity contribution is -0.119. The predicted octanol–water partition coefficient (Wildman–Crippen LogP) is 4.30. The van der Waals surface area contributed by atoms with Gasteiger partial charge in [-0.05, 0) is 61.9 Å². The number of methoxy groups -OCH3 is 1. The number of anilines is 2. The van der Waals surface area contributed by atoms with Gasteiger partial charge in [0.05, 0.1) is 12.8 Å². The molecule has 2 N–H and O–H groups in total. The molecular weight excluding hydrogens is 418 g/mol. The van der Waals surface area contributed by atoms with Gasteiger partial charge in [0, 0.05) is 24.2 Å². The summed E-state index contributed by atoms with van der Waals surface area (Å²) < 4.78 is 5.46. The van der Waals surface area contributed by atoms with Gasteiger partial charge in [-0.15, -0.1) is 0 Å². The molecule has 1 atom stereocenters. The minimum atomic E-state index is -0.695. The Kier molecular flexibility index (Phi) is 8.09. The van der Waals surface area contributed by atoms with E-state index >= 15 is 0 Å². The van der Waals surface area contributed by atoms with Crippen LogP contribution in [0.3, 0.4) is 0 Å². The van der Waals surface area contributed by atoms with Crippen molar-refractivity contribution in [2.75, 3.05) is 23.9 Å². The Bertz CT molecular complexity index is 1020. The molecule has 1 aliphatic heterocycles. The highest BCUT2D eigenvalue weighted by Crippen LogP contribution is 2.33. The van der Waals surface area contributed by atoms with E-state index in [2.05, 4.69) is 10.6 Å². The highest BCUT2D eigenvalue weighted by atomic mass is 16.5. The van der Waals surface area contributed by atoms with Gasteiger partial charge >= 0.3 is 0 Å². The molecule has 0 aliphatic carbocycles. The number of hydrogen-bond acceptors (Lipinski definition) is 4. The van der Waals surface area contributed by atoms with Crippen LogP contribution < -0.4 is 20.3 Å². The third kappa shape index (κ3) is 6.12. The molecule has 176 valence electrons. The van der Waals surface area contributed by atoms with Crippen LogP contribution in [0.15, 0.2) is 42.5 Å². The number of rotatable bonds is 8. The van der Waals surface area contributed by atoms with Crippen LogP contribution in [0.5, 0.6) is 5.75 Å². The first-order chi connectivity index (χ1) is 15.8. The Morgan fingerprint density at radius 1 is 1.12 bits per heavy atom. The number of amides is 3. The van der Waals surface area contributed by atoms with Gasteiger partial charge in [-0.3, -0.25) is 14.4 Å². The van der Waals surface area contributed by atoms with Crippen LogP contribution in [-0.2, 0) is 9.59 Å². The van der Waals surface area contributed by atoms with Crippen molar-refractivity contribution in [3.05, 3.63) is 53.6 Å². The Hall–Kier alpha value is -3.35. The van der Waals surface area contributed by atoms with Gasteiger partial charge in [-0.25, -0.2) is 0 Å². The fraction of sp³-hybridized carbons (Fsp3) is 0.423. The Morgan fingerprint density at radius 2 is 1.88 bits per heavy atom. The minimum Gasteiger partial charge on any atom is -0.495 e. The van der Waals surface area contributed by atoms with Crippen molar-refractivity contribution in [2.45, 2.75) is 52.5 Å². The van der Waals surface area contributed by atoms with Crippen LogP contribution in [0.1, 0.15) is 55.5 Å². The zero-order valence-corrected chi connectivity index (χ0v) is 19.8. The van der Waals surface area contributed by atoms with Crippen LogP contribution in [-0.4, -0.2) is 37.4 Å². The maximum absolute atomic E-state index is 13.2. The topological polar surface area (TPSA) is 87.7 Å². The minimum absolute atomic E-state index is 0.0474. The number of hydrogen-bond donors (Lipinski definition) is 2. The Morgan fingerprint density at radius 3 is 2.55 bits per heavy atom. The van der Waals surface area contributed by atoms with Crippen molar-refractivity contribution < 1.29 is 19.1 Å². The van der Waals surface area contributed by atoms with Crippen molar-refractivity contribution in [2.24, 2.45) is 5.92 Å². The van der Waals surface area contributed by atoms with E-state index in [1.54, 1.807) is 42.3 Å². The monoisotopic (exact) mass is 451 g/mol. The first kappa shape index (κ1) is 24.3. The molecule has 2 aromatic carbocycles. The summed E-state index contributed by atoms with van der Waals surface area (Å²) in [7, 11) is 1.56. The lowest BCUT2D eigenvalue weighted by Crippen LogP contribution is -2.44. The van der Waals surface area contributed by atoms with Gasteiger partial charge in [0.15, 0.2) is 0 Å². The lowest BCUT2D eigenvalue weighted by Gasteiger charge is -2.28. The number of benzene rings is 2. The molecule has 33 heavy (non-hydrogen) atoms. The molecule has 0 saturated carbocycles. The van der Waals surface area contributed by atoms with E-state index in [9.17, 15) is 14.4 Å². The molecule has 0 spiro atoms. The standard InChI is InChI=1S/C26H33N3O4/c1-17(2)15-21(28-25(31)20-10-6-5-9-18(20)3)26(32)27-19-12-13-23(33-4)22(16-19)29-14-8-7-11-24(29)30/h5-6,9-10,12-13,16-17,21H,7-8,11,14-15H2,1-4H3,(H,27,32)(H,28,31). The summed E-state index contributed by atoms with van der Waals surface area (Å²) >= 11 is 0. The lowest BCUT2D eigenvalue weighted by atomic mass is 10.0. The summed E-state index contributed by atoms with van der Waals surface area (Å²) in [6.45, 7) is 6.50. The summed E-state index contributed by atoms with van der Waals surface area (Å²) in [6, 6.07) is 11.8. The van der Waals surface area contributed by atoms with E-state index in [1.807, 2.05) is 32.9 Å². The van der Waals surface area contributed by atoms with Crippen LogP contribution >= 0.6 is 0 Å². The van der Waals surface area contributed by atoms with Crippen LogP contribution in [0.4, 0.5) is 11.4 Å². The highest BCUT2D eigenvalue weighted by molar-refractivity contribution is 6.02. The third-order valence-electron chi connectivity index (χ3n) is 5.78. The second-order valence-corrected chi connectivity index (χ2v) is 8.85. The molecule has 0 radical (unpaired) electrons. The fourth-order valence-corrected chi connectivity index (χ4v) is 4.04. The van der Waals surface area contributed by atoms with Gasteiger partial charge in [0.25, 0.3) is 5.91 Å². The van der Waals surface area contributed by atoms with Crippen molar-refractivity contribution in [1.29, 1.82) is 0 Å². The van der Waals surface area contributed by atoms with Crippen molar-refractivity contribution in [3.63, 3.8) is 0 Å². The van der Waals surface area contributed by atoms with Crippen molar-refractivity contribution in [1.82, 2.24) is 5.32 Å². The van der Waals surface area contributed by atoms with Gasteiger partial charge in [0.2, 0.25) is 11.8 Å². The first-order valence-corrected chi connectivity index (χ1v) is 11.5. The number of nitrogens with zero attached hydrogens (tertiary/aromatic N) is 1. The fourth-order valence-electron chi connectivity index (χ4n) is 4.04. The summed E-state index contributed by atoms with van der Waals surface area (Å²) in [5.74, 6) is 0.256. The van der Waals surface area contributed by atoms with Gasteiger partial charge in [-0.2, -0.15) is 0 Å². The quantitative estimate of drug-likeness (QED) is 0.626. The molecule has 1 saturated heterocycles. The average Bonchev–Trinajstić information content (AvgIpc) is 2.79. The van der Waals surface area contributed by atoms with Crippen LogP contribution in [0, 0.1) is 12.8 Å². The van der Waals surface area contributed by atoms with E-state index < -0.39 is 6.04 Å². The maximum atomic E-state index is 13.2. The average molecular weight is 452 g/mol. The first-order valence-electron chi connectivity index (χ1n) is 11.5. The van der Waals surface area contributed by atoms with Gasteiger partial charge in [0.1, 0.15) is 11.8 Å². The number of aryl methyl sites for hydroxylation is 1. The summed E-state index contributed by atoms with van der Waals surface area (Å²) in [6.07, 6.45) is 2.80.